The number of aromatic hydroxyl groups is 1. The van der Waals surface area contributed by atoms with Crippen molar-refractivity contribution in [1.82, 2.24) is 67.6 Å². The van der Waals surface area contributed by atoms with Gasteiger partial charge in [-0.05, 0) is 121 Å². The molecule has 1 fully saturated rings. The summed E-state index contributed by atoms with van der Waals surface area (Å²) in [4.78, 5) is 167. The largest absolute Gasteiger partial charge is 0.508 e. The zero-order chi connectivity index (χ0) is 78.6. The van der Waals surface area contributed by atoms with E-state index in [1.54, 1.807) is 45.2 Å². The van der Waals surface area contributed by atoms with E-state index < -0.39 is 131 Å². The first kappa shape index (κ1) is 83.1. The molecule has 2 unspecified atom stereocenters. The number of fused-ring (bicyclic) bond motifs is 4. The van der Waals surface area contributed by atoms with Crippen LogP contribution in [0.25, 0.3) is 32.6 Å². The molecular formula is C78H98N14O14S3. The fourth-order valence-electron chi connectivity index (χ4n) is 14.1. The van der Waals surface area contributed by atoms with Gasteiger partial charge in [0.05, 0.1) is 23.7 Å². The van der Waals surface area contributed by atoms with E-state index in [1.165, 1.54) is 29.8 Å². The van der Waals surface area contributed by atoms with E-state index >= 15 is 9.59 Å². The highest BCUT2D eigenvalue weighted by molar-refractivity contribution is 7.99. The number of hydrogen-bond donors (Lipinski definition) is 17. The molecule has 0 saturated carbocycles. The van der Waals surface area contributed by atoms with E-state index in [0.29, 0.717) is 59.9 Å². The average molecular weight is 1550 g/mol. The molecule has 31 heteroatoms. The van der Waals surface area contributed by atoms with Gasteiger partial charge in [-0.2, -0.15) is 25.3 Å². The molecule has 9 rings (SSSR count). The number of hydrogen-bond acceptors (Lipinski definition) is 18. The molecule has 3 heterocycles. The van der Waals surface area contributed by atoms with E-state index in [-0.39, 0.29) is 79.6 Å². The van der Waals surface area contributed by atoms with Crippen LogP contribution in [-0.4, -0.2) is 210 Å². The lowest BCUT2D eigenvalue weighted by molar-refractivity contribution is -0.145. The molecule has 16 N–H and O–H groups in total. The normalized spacial score (nSPS) is 17.2. The number of unbranched alkanes of at least 4 members (excludes halogenated alkanes) is 1. The fourth-order valence-corrected chi connectivity index (χ4v) is 15.4. The van der Waals surface area contributed by atoms with Gasteiger partial charge in [-0.1, -0.05) is 105 Å². The molecule has 1 aliphatic carbocycles. The Bertz CT molecular complexity index is 4420. The number of nitrogens with zero attached hydrogens (tertiary/aromatic N) is 2. The number of phenolic OH excluding ortho intramolecular Hbond substituents is 1. The second-order valence-corrected chi connectivity index (χ2v) is 29.6. The van der Waals surface area contributed by atoms with Crippen molar-refractivity contribution in [2.24, 2.45) is 17.6 Å². The first-order valence-corrected chi connectivity index (χ1v) is 38.9. The Labute approximate surface area is 647 Å². The molecule has 2 aromatic heterocycles. The summed E-state index contributed by atoms with van der Waals surface area (Å²) in [7, 11) is 0. The van der Waals surface area contributed by atoms with Crippen LogP contribution in [0.3, 0.4) is 0 Å². The molecule has 109 heavy (non-hydrogen) atoms. The molecule has 7 aromatic rings. The summed E-state index contributed by atoms with van der Waals surface area (Å²) in [6, 6.07) is 20.1. The van der Waals surface area contributed by atoms with Crippen molar-refractivity contribution in [3.05, 3.63) is 162 Å². The topological polar surface area (TPSA) is 421 Å². The maximum Gasteiger partial charge on any atom is 0.328 e. The Balaban J connectivity index is 0.929. The van der Waals surface area contributed by atoms with Crippen molar-refractivity contribution >= 4 is 135 Å². The number of thioether (sulfide) groups is 1. The van der Waals surface area contributed by atoms with Crippen LogP contribution in [0, 0.1) is 11.8 Å². The highest BCUT2D eigenvalue weighted by atomic mass is 32.2. The molecular weight excluding hydrogens is 1450 g/mol. The Morgan fingerprint density at radius 1 is 0.661 bits per heavy atom. The van der Waals surface area contributed by atoms with Gasteiger partial charge in [0.1, 0.15) is 48.0 Å². The van der Waals surface area contributed by atoms with Crippen molar-refractivity contribution in [2.75, 3.05) is 49.3 Å². The number of piperidine rings is 1. The minimum Gasteiger partial charge on any atom is -0.508 e. The smallest absolute Gasteiger partial charge is 0.328 e. The highest BCUT2D eigenvalue weighted by Gasteiger charge is 2.45. The molecule has 0 spiro atoms. The molecule has 28 nitrogen and oxygen atoms in total. The molecule has 5 aromatic carbocycles. The van der Waals surface area contributed by atoms with Gasteiger partial charge in [0.25, 0.3) is 0 Å². The number of imide groups is 1. The zero-order valence-corrected chi connectivity index (χ0v) is 63.9. The number of likely N-dealkylation sites (tertiary alicyclic amines) is 1. The second kappa shape index (κ2) is 39.4. The van der Waals surface area contributed by atoms with Crippen molar-refractivity contribution in [3.63, 3.8) is 0 Å². The van der Waals surface area contributed by atoms with Gasteiger partial charge in [-0.25, -0.2) is 9.59 Å². The number of rotatable bonds is 38. The first-order valence-electron chi connectivity index (χ1n) is 36.5. The number of para-hydroxylation sites is 1. The van der Waals surface area contributed by atoms with E-state index in [4.69, 9.17) is 5.73 Å². The van der Waals surface area contributed by atoms with Crippen molar-refractivity contribution in [1.29, 1.82) is 0 Å². The number of aliphatic hydroxyl groups excluding tert-OH is 1. The van der Waals surface area contributed by atoms with Crippen LogP contribution in [0.5, 0.6) is 5.75 Å². The van der Waals surface area contributed by atoms with Gasteiger partial charge in [0, 0.05) is 96.6 Å². The summed E-state index contributed by atoms with van der Waals surface area (Å²) in [5, 5.41) is 57.6. The molecule has 12 atom stereocenters. The predicted octanol–water partition coefficient (Wildman–Crippen LogP) is 3.99. The van der Waals surface area contributed by atoms with Crippen LogP contribution in [0.1, 0.15) is 87.1 Å². The van der Waals surface area contributed by atoms with Crippen LogP contribution in [0.15, 0.2) is 134 Å². The van der Waals surface area contributed by atoms with Crippen LogP contribution in [0.2, 0.25) is 0 Å². The third-order valence-corrected chi connectivity index (χ3v) is 21.4. The quantitative estimate of drug-likeness (QED) is 0.0113. The number of thiol groups is 2. The number of urea groups is 1. The van der Waals surface area contributed by atoms with Crippen molar-refractivity contribution in [3.8, 4) is 5.75 Å². The number of benzene rings is 5. The number of aliphatic carboxylic acids is 1. The summed E-state index contributed by atoms with van der Waals surface area (Å²) in [6.45, 7) is 11.5. The van der Waals surface area contributed by atoms with Crippen molar-refractivity contribution < 1.29 is 68.1 Å². The Kier molecular flexibility index (Phi) is 30.1. The Morgan fingerprint density at radius 3 is 1.90 bits per heavy atom. The first-order chi connectivity index (χ1) is 52.3. The molecule has 1 aliphatic heterocycles. The number of aliphatic hydroxyl groups is 1. The van der Waals surface area contributed by atoms with E-state index in [2.05, 4.69) is 101 Å². The monoisotopic (exact) mass is 1550 g/mol. The Morgan fingerprint density at radius 2 is 1.24 bits per heavy atom. The van der Waals surface area contributed by atoms with Crippen LogP contribution in [0.4, 0.5) is 4.79 Å². The maximum atomic E-state index is 15.2. The number of H-pyrrole nitrogens is 2. The summed E-state index contributed by atoms with van der Waals surface area (Å²) < 4.78 is 0. The second-order valence-electron chi connectivity index (χ2n) is 27.9. The summed E-state index contributed by atoms with van der Waals surface area (Å²) in [5.41, 5.74) is 11.6. The zero-order valence-electron chi connectivity index (χ0n) is 61.3. The minimum absolute atomic E-state index is 0.0124. The number of phenols is 1. The van der Waals surface area contributed by atoms with Gasteiger partial charge >= 0.3 is 12.0 Å². The highest BCUT2D eigenvalue weighted by Crippen LogP contribution is 2.45. The molecule has 2 aliphatic rings. The number of amides is 11. The lowest BCUT2D eigenvalue weighted by Crippen LogP contribution is -2.61. The van der Waals surface area contributed by atoms with Gasteiger partial charge in [0.15, 0.2) is 6.04 Å². The number of carboxylic acid groups (broad SMARTS) is 1. The van der Waals surface area contributed by atoms with Gasteiger partial charge in [-0.3, -0.25) is 53.0 Å². The third kappa shape index (κ3) is 21.7. The number of nitrogens with two attached hydrogens (primary N) is 1. The number of nitrogens with one attached hydrogen (secondary N) is 11. The Hall–Kier alpha value is -9.92. The summed E-state index contributed by atoms with van der Waals surface area (Å²) in [5.74, 6) is -11.2. The van der Waals surface area contributed by atoms with E-state index in [1.807, 2.05) is 72.9 Å². The lowest BCUT2D eigenvalue weighted by Gasteiger charge is -2.47. The average Bonchev–Trinajstić information content (AvgIpc) is 1.68. The minimum atomic E-state index is -1.72. The predicted molar refractivity (Wildman–Crippen MR) is 423 cm³/mol. The van der Waals surface area contributed by atoms with Crippen LogP contribution >= 0.6 is 37.0 Å². The molecule has 582 valence electrons. The fraction of sp³-hybridized carbons (Fsp3) is 0.423. The van der Waals surface area contributed by atoms with E-state index in [0.717, 1.165) is 57.2 Å². The number of aromatic amines is 2. The maximum absolute atomic E-state index is 15.2. The van der Waals surface area contributed by atoms with Gasteiger partial charge < -0.3 is 78.9 Å². The molecule has 1 saturated heterocycles. The van der Waals surface area contributed by atoms with Crippen LogP contribution in [-0.2, 0) is 73.6 Å². The number of carbonyl (C=O) groups is 11. The van der Waals surface area contributed by atoms with Crippen LogP contribution < -0.4 is 53.6 Å². The summed E-state index contributed by atoms with van der Waals surface area (Å²) >= 11 is 9.69. The van der Waals surface area contributed by atoms with Gasteiger partial charge in [-0.15, -0.1) is 18.3 Å². The molecule has 0 bridgehead atoms. The molecule has 11 amide bonds. The number of aromatic nitrogens is 2. The molecule has 0 radical (unpaired) electrons. The number of carbonyl (C=O) groups excluding carboxylic acids is 10. The van der Waals surface area contributed by atoms with E-state index in [9.17, 15) is 58.5 Å². The number of carboxylic acids is 1. The standard InChI is InChI=1S/C78H98N14O14S3/c1-6-29-91-38-51(33-55-54-18-14-21-57-66(54)50(37-82-57)35-64(55)91)76(103)92(78(106)80-7-2)42-109-41-65(95)83-59(32-46-22-25-47-15-8-9-16-48(47)30-46)70(97)87-62(39-107)73(100)85-60(31-45-23-26-52(94)27-24-45)71(98)86-61(34-49-36-81-56-19-11-10-17-53(49)56)72(99)84-58(20-12-13-28-79)69(96)89-67(43(3)4)75(102)88-63(40-108)74(101)90-68(44(5)93)77(104)105/h6,8-11,14-19,21-27,30,36-37,43-44,51,55,58-64,67-68,81-82,93-94,107-108H,1,7,12-13,20,28-29,31-35,38-42,79H2,2-5H3,(H,80,106)(H,83,95)(H,84,99)(H,85,100)(H,86,98)(H,87,97)(H,88,102)(H,89,96)(H,90,101)(H,104,105)/t44-,51-,55?,58+,59+,60+,61-,62+,63+,64?,67+,68+/m1/s1. The third-order valence-electron chi connectivity index (χ3n) is 19.7. The lowest BCUT2D eigenvalue weighted by atomic mass is 9.72. The SMILES string of the molecule is C=CCN1C[C@H](C(=O)N(CSCC(=O)N[C@@H](Cc2ccc3ccccc3c2)C(=O)N[C@@H](CS)C(=O)N[C@@H](Cc2ccc(O)cc2)C(=O)N[C@H](Cc2c[nH]c3ccccc23)C(=O)N[C@@H](CCCCN)C(=O)N[C@H](C(=O)N[C@@H](CS)C(=O)N[C@H](C(=O)O)[C@@H](C)O)C(C)C)C(=O)NCC)CC2c3cccc4[nH]cc(c34)CC21. The van der Waals surface area contributed by atoms with Crippen molar-refractivity contribution in [2.45, 2.75) is 145 Å². The summed E-state index contributed by atoms with van der Waals surface area (Å²) in [6.07, 6.45) is 5.49. The van der Waals surface area contributed by atoms with Gasteiger partial charge in [0.2, 0.25) is 53.2 Å².